The summed E-state index contributed by atoms with van der Waals surface area (Å²) in [5.74, 6) is 0.358. The van der Waals surface area contributed by atoms with Crippen LogP contribution in [0.5, 0.6) is 0 Å². The smallest absolute Gasteiger partial charge is 0.277 e. The molecule has 0 aliphatic heterocycles. The van der Waals surface area contributed by atoms with Gasteiger partial charge in [0.05, 0.1) is 10.6 Å². The first kappa shape index (κ1) is 14.3. The molecule has 2 rings (SSSR count). The van der Waals surface area contributed by atoms with Gasteiger partial charge in [-0.3, -0.25) is 15.5 Å². The van der Waals surface area contributed by atoms with E-state index in [0.29, 0.717) is 5.84 Å². The first-order chi connectivity index (χ1) is 10.2. The SMILES string of the molecule is C/C(N=Nc1ccccc1[N+](=O)[O-])=N/Nc1ccccc1. The van der Waals surface area contributed by atoms with Crippen LogP contribution in [0.4, 0.5) is 17.1 Å². The van der Waals surface area contributed by atoms with Gasteiger partial charge >= 0.3 is 0 Å². The molecule has 1 N–H and O–H groups in total. The molecule has 0 bridgehead atoms. The quantitative estimate of drug-likeness (QED) is 0.300. The van der Waals surface area contributed by atoms with E-state index in [-0.39, 0.29) is 11.4 Å². The van der Waals surface area contributed by atoms with Crippen molar-refractivity contribution in [1.29, 1.82) is 0 Å². The van der Waals surface area contributed by atoms with Gasteiger partial charge in [-0.05, 0) is 25.1 Å². The number of nitrogens with zero attached hydrogens (tertiary/aromatic N) is 4. The molecular formula is C14H13N5O2. The van der Waals surface area contributed by atoms with Crippen molar-refractivity contribution in [3.63, 3.8) is 0 Å². The number of benzene rings is 2. The largest absolute Gasteiger partial charge is 0.296 e. The van der Waals surface area contributed by atoms with Crippen LogP contribution < -0.4 is 5.43 Å². The molecule has 0 unspecified atom stereocenters. The number of anilines is 1. The summed E-state index contributed by atoms with van der Waals surface area (Å²) in [7, 11) is 0. The highest BCUT2D eigenvalue weighted by Crippen LogP contribution is 2.26. The van der Waals surface area contributed by atoms with E-state index in [4.69, 9.17) is 0 Å². The maximum Gasteiger partial charge on any atom is 0.296 e. The maximum atomic E-state index is 10.8. The molecule has 0 spiro atoms. The molecule has 0 saturated heterocycles. The predicted molar refractivity (Wildman–Crippen MR) is 80.8 cm³/mol. The molecule has 106 valence electrons. The number of nitrogens with one attached hydrogen (secondary N) is 1. The third-order valence-electron chi connectivity index (χ3n) is 2.50. The number of rotatable bonds is 4. The van der Waals surface area contributed by atoms with E-state index in [2.05, 4.69) is 20.8 Å². The molecular weight excluding hydrogens is 270 g/mol. The fourth-order valence-electron chi connectivity index (χ4n) is 1.51. The third kappa shape index (κ3) is 4.20. The van der Waals surface area contributed by atoms with Crippen LogP contribution in [-0.4, -0.2) is 10.8 Å². The number of hydrazone groups is 1. The summed E-state index contributed by atoms with van der Waals surface area (Å²) >= 11 is 0. The van der Waals surface area contributed by atoms with E-state index in [1.807, 2.05) is 30.3 Å². The highest BCUT2D eigenvalue weighted by atomic mass is 16.6. The summed E-state index contributed by atoms with van der Waals surface area (Å²) < 4.78 is 0. The highest BCUT2D eigenvalue weighted by Gasteiger charge is 2.11. The Balaban J connectivity index is 2.09. The lowest BCUT2D eigenvalue weighted by molar-refractivity contribution is -0.384. The third-order valence-corrected chi connectivity index (χ3v) is 2.50. The van der Waals surface area contributed by atoms with Gasteiger partial charge in [0.2, 0.25) is 0 Å². The molecule has 0 aliphatic rings. The minimum absolute atomic E-state index is 0.0925. The molecule has 21 heavy (non-hydrogen) atoms. The first-order valence-electron chi connectivity index (χ1n) is 6.17. The normalized spacial score (nSPS) is 11.6. The van der Waals surface area contributed by atoms with Gasteiger partial charge in [0.25, 0.3) is 5.69 Å². The molecule has 0 amide bonds. The Labute approximate surface area is 121 Å². The van der Waals surface area contributed by atoms with E-state index in [9.17, 15) is 10.1 Å². The van der Waals surface area contributed by atoms with Crippen molar-refractivity contribution in [3.8, 4) is 0 Å². The minimum atomic E-state index is -0.497. The van der Waals surface area contributed by atoms with Gasteiger partial charge in [0.15, 0.2) is 11.5 Å². The molecule has 7 heteroatoms. The number of amidine groups is 1. The molecule has 7 nitrogen and oxygen atoms in total. The lowest BCUT2D eigenvalue weighted by Gasteiger charge is -1.99. The number of nitro groups is 1. The first-order valence-corrected chi connectivity index (χ1v) is 6.17. The molecule has 0 aromatic heterocycles. The number of para-hydroxylation sites is 2. The Morgan fingerprint density at radius 2 is 1.76 bits per heavy atom. The van der Waals surface area contributed by atoms with Gasteiger partial charge in [0.1, 0.15) is 0 Å². The van der Waals surface area contributed by atoms with Crippen molar-refractivity contribution in [3.05, 3.63) is 64.7 Å². The summed E-state index contributed by atoms with van der Waals surface area (Å²) in [5, 5.41) is 22.6. The molecule has 0 heterocycles. The Bertz CT molecular complexity index is 683. The van der Waals surface area contributed by atoms with Gasteiger partial charge in [-0.15, -0.1) is 10.2 Å². The van der Waals surface area contributed by atoms with Crippen LogP contribution in [0.2, 0.25) is 0 Å². The van der Waals surface area contributed by atoms with Crippen molar-refractivity contribution >= 4 is 22.9 Å². The van der Waals surface area contributed by atoms with Crippen LogP contribution >= 0.6 is 0 Å². The number of nitro benzene ring substituents is 1. The van der Waals surface area contributed by atoms with Crippen LogP contribution in [0, 0.1) is 10.1 Å². The maximum absolute atomic E-state index is 10.8. The zero-order valence-corrected chi connectivity index (χ0v) is 11.3. The van der Waals surface area contributed by atoms with Crippen LogP contribution in [-0.2, 0) is 0 Å². The molecule has 0 saturated carbocycles. The highest BCUT2D eigenvalue weighted by molar-refractivity contribution is 5.81. The fourth-order valence-corrected chi connectivity index (χ4v) is 1.51. The molecule has 0 atom stereocenters. The standard InChI is InChI=1S/C14H13N5O2/c1-11(15-17-12-7-3-2-4-8-12)16-18-13-9-5-6-10-14(13)19(20)21/h2-10,17H,1H3/b15-11-,18-16?. The summed E-state index contributed by atoms with van der Waals surface area (Å²) in [6.07, 6.45) is 0. The van der Waals surface area contributed by atoms with Gasteiger partial charge in [-0.2, -0.15) is 5.10 Å². The van der Waals surface area contributed by atoms with Crippen LogP contribution in [0.15, 0.2) is 69.9 Å². The Morgan fingerprint density at radius 1 is 1.10 bits per heavy atom. The molecule has 0 radical (unpaired) electrons. The summed E-state index contributed by atoms with van der Waals surface area (Å²) in [4.78, 5) is 10.3. The van der Waals surface area contributed by atoms with E-state index >= 15 is 0 Å². The van der Waals surface area contributed by atoms with E-state index in [1.54, 1.807) is 19.1 Å². The van der Waals surface area contributed by atoms with Crippen LogP contribution in [0.3, 0.4) is 0 Å². The number of hydrogen-bond donors (Lipinski definition) is 1. The van der Waals surface area contributed by atoms with Crippen molar-refractivity contribution < 1.29 is 4.92 Å². The molecule has 0 aliphatic carbocycles. The summed E-state index contributed by atoms with van der Waals surface area (Å²) in [6, 6.07) is 15.5. The Kier molecular flexibility index (Phi) is 4.70. The topological polar surface area (TPSA) is 92.2 Å². The monoisotopic (exact) mass is 283 g/mol. The number of azo groups is 1. The van der Waals surface area contributed by atoms with E-state index < -0.39 is 4.92 Å². The van der Waals surface area contributed by atoms with Gasteiger partial charge < -0.3 is 0 Å². The van der Waals surface area contributed by atoms with E-state index in [0.717, 1.165) is 5.69 Å². The average molecular weight is 283 g/mol. The second-order valence-electron chi connectivity index (χ2n) is 4.08. The van der Waals surface area contributed by atoms with Gasteiger partial charge in [-0.25, -0.2) is 0 Å². The zero-order valence-electron chi connectivity index (χ0n) is 11.3. The van der Waals surface area contributed by atoms with Crippen molar-refractivity contribution in [2.45, 2.75) is 6.92 Å². The van der Waals surface area contributed by atoms with E-state index in [1.165, 1.54) is 12.1 Å². The molecule has 2 aromatic rings. The zero-order chi connectivity index (χ0) is 15.1. The fraction of sp³-hybridized carbons (Fsp3) is 0.0714. The van der Waals surface area contributed by atoms with Crippen LogP contribution in [0.25, 0.3) is 0 Å². The van der Waals surface area contributed by atoms with Gasteiger partial charge in [0, 0.05) is 6.07 Å². The van der Waals surface area contributed by atoms with Crippen LogP contribution in [0.1, 0.15) is 6.92 Å². The average Bonchev–Trinajstić information content (AvgIpc) is 2.52. The second-order valence-corrected chi connectivity index (χ2v) is 4.08. The molecule has 0 fully saturated rings. The summed E-state index contributed by atoms with van der Waals surface area (Å²) in [5.41, 5.74) is 3.73. The van der Waals surface area contributed by atoms with Crippen molar-refractivity contribution in [2.75, 3.05) is 5.43 Å². The Morgan fingerprint density at radius 3 is 2.48 bits per heavy atom. The van der Waals surface area contributed by atoms with Crippen molar-refractivity contribution in [2.24, 2.45) is 15.3 Å². The molecule has 2 aromatic carbocycles. The van der Waals surface area contributed by atoms with Gasteiger partial charge in [-0.1, -0.05) is 30.3 Å². The lowest BCUT2D eigenvalue weighted by Crippen LogP contribution is -1.93. The Hall–Kier alpha value is -3.09. The second kappa shape index (κ2) is 6.90. The summed E-state index contributed by atoms with van der Waals surface area (Å²) in [6.45, 7) is 1.65. The lowest BCUT2D eigenvalue weighted by atomic mass is 10.3. The minimum Gasteiger partial charge on any atom is -0.277 e. The number of hydrogen-bond acceptors (Lipinski definition) is 5. The van der Waals surface area contributed by atoms with Crippen molar-refractivity contribution in [1.82, 2.24) is 0 Å². The predicted octanol–water partition coefficient (Wildman–Crippen LogP) is 4.12.